The van der Waals surface area contributed by atoms with E-state index >= 15 is 0 Å². The molecule has 0 radical (unpaired) electrons. The van der Waals surface area contributed by atoms with Crippen LogP contribution in [0, 0.1) is 39.9 Å². The molecule has 0 bridgehead atoms. The number of hydrogen-bond donors (Lipinski definition) is 5. The summed E-state index contributed by atoms with van der Waals surface area (Å²) in [7, 11) is 0. The van der Waals surface area contributed by atoms with Gasteiger partial charge in [0.15, 0.2) is 12.6 Å². The quantitative estimate of drug-likeness (QED) is 0.155. The average Bonchev–Trinajstić information content (AvgIpc) is 3.34. The van der Waals surface area contributed by atoms with E-state index in [-0.39, 0.29) is 43.0 Å². The van der Waals surface area contributed by atoms with Gasteiger partial charge < -0.3 is 44.5 Å². The van der Waals surface area contributed by atoms with Crippen LogP contribution in [0.15, 0.2) is 11.6 Å². The zero-order valence-corrected chi connectivity index (χ0v) is 30.5. The zero-order chi connectivity index (χ0) is 34.6. The summed E-state index contributed by atoms with van der Waals surface area (Å²) >= 11 is 0. The molecule has 276 valence electrons. The Labute approximate surface area is 288 Å². The minimum absolute atomic E-state index is 0.0737. The first-order valence-electron chi connectivity index (χ1n) is 19.2. The molecular weight excluding hydrogens is 612 g/mol. The highest BCUT2D eigenvalue weighted by molar-refractivity contribution is 5.29. The van der Waals surface area contributed by atoms with E-state index in [0.717, 1.165) is 43.9 Å². The number of aliphatic hydroxyl groups excluding tert-OH is 4. The molecule has 4 aliphatic carbocycles. The van der Waals surface area contributed by atoms with Gasteiger partial charge in [-0.2, -0.15) is 0 Å². The molecule has 9 nitrogen and oxygen atoms in total. The van der Waals surface area contributed by atoms with Gasteiger partial charge in [0.05, 0.1) is 43.2 Å². The summed E-state index contributed by atoms with van der Waals surface area (Å²) in [5.74, 6) is 2.78. The molecule has 5 N–H and O–H groups in total. The van der Waals surface area contributed by atoms with Crippen LogP contribution in [0.4, 0.5) is 0 Å². The lowest BCUT2D eigenvalue weighted by Crippen LogP contribution is -2.57. The topological polar surface area (TPSA) is 138 Å². The number of fused-ring (bicyclic) bond motifs is 5. The number of ether oxygens (including phenoxy) is 4. The molecule has 2 saturated heterocycles. The minimum atomic E-state index is -1.16. The smallest absolute Gasteiger partial charge is 0.186 e. The Hall–Kier alpha value is -0.620. The second-order valence-corrected chi connectivity index (χ2v) is 18.3. The summed E-state index contributed by atoms with van der Waals surface area (Å²) < 4.78 is 24.0. The van der Waals surface area contributed by atoms with Crippen LogP contribution in [0.1, 0.15) is 125 Å². The summed E-state index contributed by atoms with van der Waals surface area (Å²) in [4.78, 5) is 0. The Morgan fingerprint density at radius 2 is 1.62 bits per heavy atom. The van der Waals surface area contributed by atoms with Crippen molar-refractivity contribution in [1.29, 1.82) is 0 Å². The largest absolute Gasteiger partial charge is 0.391 e. The van der Waals surface area contributed by atoms with E-state index in [1.165, 1.54) is 44.1 Å². The summed E-state index contributed by atoms with van der Waals surface area (Å²) in [5, 5.41) is 51.8. The van der Waals surface area contributed by atoms with Gasteiger partial charge in [-0.15, -0.1) is 0 Å². The Morgan fingerprint density at radius 1 is 0.875 bits per heavy atom. The van der Waals surface area contributed by atoms with E-state index < -0.39 is 48.7 Å². The van der Waals surface area contributed by atoms with Gasteiger partial charge in [-0.3, -0.25) is 0 Å². The summed E-state index contributed by atoms with van der Waals surface area (Å²) in [6, 6.07) is 0. The van der Waals surface area contributed by atoms with Crippen molar-refractivity contribution in [3.8, 4) is 0 Å². The Morgan fingerprint density at radius 3 is 2.35 bits per heavy atom. The van der Waals surface area contributed by atoms with Gasteiger partial charge in [0, 0.05) is 18.3 Å². The first-order chi connectivity index (χ1) is 22.5. The number of hydrogen-bond acceptors (Lipinski definition) is 9. The van der Waals surface area contributed by atoms with Gasteiger partial charge >= 0.3 is 0 Å². The standard InChI is InChI=1S/C39H66O9/c1-36(2,44)16-8-7-9-23-10-11-28-29-13-12-26-27(39(29,6)18-17-38(23,28)5)14-15-32(37(26,3)4)48-35-33(43)30(41)20-25(47-35)22-46-34-31(42)19-24(40)21-45-34/h12,23-25,27-35,40-44H,7-11,13-22H2,1-6H3/t23?,24-,25-,27?,28?,29?,30-,31+,32-,33+,34-,35-,38+,39-/m0/s1. The SMILES string of the molecule is CC(C)(O)CCCCC1CCC2C3CC=C4C(CC[C@H](O[C@@H]5O[C@H](CO[C@@H]6OC[C@@H](O)C[C@H]6O)C[C@H](O)[C@H]5O)C4(C)C)[C@]3(C)CC[C@]12C. The van der Waals surface area contributed by atoms with Crippen LogP contribution in [0.5, 0.6) is 0 Å². The maximum atomic E-state index is 10.9. The van der Waals surface area contributed by atoms with Crippen LogP contribution in [0.2, 0.25) is 0 Å². The lowest BCUT2D eigenvalue weighted by atomic mass is 9.43. The maximum absolute atomic E-state index is 10.9. The van der Waals surface area contributed by atoms with E-state index in [1.807, 2.05) is 13.8 Å². The predicted molar refractivity (Wildman–Crippen MR) is 182 cm³/mol. The predicted octanol–water partition coefficient (Wildman–Crippen LogP) is 5.24. The van der Waals surface area contributed by atoms with Crippen molar-refractivity contribution in [3.63, 3.8) is 0 Å². The van der Waals surface area contributed by atoms with Crippen molar-refractivity contribution in [1.82, 2.24) is 0 Å². The highest BCUT2D eigenvalue weighted by atomic mass is 16.7. The Balaban J connectivity index is 1.09. The van der Waals surface area contributed by atoms with Gasteiger partial charge in [-0.25, -0.2) is 0 Å². The van der Waals surface area contributed by atoms with Gasteiger partial charge in [-0.05, 0) is 106 Å². The van der Waals surface area contributed by atoms with Crippen LogP contribution < -0.4 is 0 Å². The Bertz CT molecular complexity index is 1130. The number of aliphatic hydroxyl groups is 5. The van der Waals surface area contributed by atoms with Gasteiger partial charge in [0.2, 0.25) is 0 Å². The highest BCUT2D eigenvalue weighted by Gasteiger charge is 2.62. The lowest BCUT2D eigenvalue weighted by molar-refractivity contribution is -0.308. The van der Waals surface area contributed by atoms with E-state index in [2.05, 4.69) is 33.8 Å². The monoisotopic (exact) mass is 678 g/mol. The third kappa shape index (κ3) is 7.20. The number of unbranched alkanes of at least 4 members (excludes halogenated alkanes) is 1. The molecule has 9 heteroatoms. The number of allylic oxidation sites excluding steroid dienone is 1. The van der Waals surface area contributed by atoms with Gasteiger partial charge in [0.1, 0.15) is 12.2 Å². The molecule has 0 amide bonds. The van der Waals surface area contributed by atoms with E-state index in [4.69, 9.17) is 18.9 Å². The van der Waals surface area contributed by atoms with Gasteiger partial charge in [0.25, 0.3) is 0 Å². The Kier molecular flexibility index (Phi) is 10.9. The lowest BCUT2D eigenvalue weighted by Gasteiger charge is -2.62. The third-order valence-electron chi connectivity index (χ3n) is 14.3. The van der Waals surface area contributed by atoms with Crippen molar-refractivity contribution in [2.24, 2.45) is 39.9 Å². The average molecular weight is 679 g/mol. The molecule has 0 aromatic rings. The maximum Gasteiger partial charge on any atom is 0.186 e. The first kappa shape index (κ1) is 37.1. The van der Waals surface area contributed by atoms with Crippen LogP contribution >= 0.6 is 0 Å². The molecule has 5 fully saturated rings. The molecule has 6 rings (SSSR count). The minimum Gasteiger partial charge on any atom is -0.391 e. The number of rotatable bonds is 10. The highest BCUT2D eigenvalue weighted by Crippen LogP contribution is 2.69. The fourth-order valence-electron chi connectivity index (χ4n) is 11.4. The second kappa shape index (κ2) is 14.1. The zero-order valence-electron chi connectivity index (χ0n) is 30.5. The molecule has 14 atom stereocenters. The van der Waals surface area contributed by atoms with Crippen molar-refractivity contribution < 1.29 is 44.5 Å². The summed E-state index contributed by atoms with van der Waals surface area (Å²) in [5.41, 5.74) is 1.38. The molecule has 2 aliphatic heterocycles. The fraction of sp³-hybridized carbons (Fsp3) is 0.949. The second-order valence-electron chi connectivity index (χ2n) is 18.3. The molecule has 3 saturated carbocycles. The summed E-state index contributed by atoms with van der Waals surface area (Å²) in [6.07, 6.45) is 9.36. The van der Waals surface area contributed by atoms with Crippen LogP contribution in [0.3, 0.4) is 0 Å². The molecule has 0 aromatic carbocycles. The third-order valence-corrected chi connectivity index (χ3v) is 14.3. The van der Waals surface area contributed by atoms with E-state index in [9.17, 15) is 25.5 Å². The molecule has 4 unspecified atom stereocenters. The molecular formula is C39H66O9. The molecule has 48 heavy (non-hydrogen) atoms. The van der Waals surface area contributed by atoms with Crippen LogP contribution in [-0.4, -0.2) is 93.6 Å². The molecule has 2 heterocycles. The van der Waals surface area contributed by atoms with Crippen molar-refractivity contribution in [3.05, 3.63) is 11.6 Å². The van der Waals surface area contributed by atoms with Crippen LogP contribution in [-0.2, 0) is 18.9 Å². The first-order valence-corrected chi connectivity index (χ1v) is 19.2. The van der Waals surface area contributed by atoms with E-state index in [1.54, 1.807) is 0 Å². The summed E-state index contributed by atoms with van der Waals surface area (Å²) in [6.45, 7) is 13.8. The van der Waals surface area contributed by atoms with Gasteiger partial charge in [-0.1, -0.05) is 52.2 Å². The van der Waals surface area contributed by atoms with Crippen molar-refractivity contribution >= 4 is 0 Å². The van der Waals surface area contributed by atoms with E-state index in [0.29, 0.717) is 17.3 Å². The molecule has 6 aliphatic rings. The van der Waals surface area contributed by atoms with Crippen molar-refractivity contribution in [2.75, 3.05) is 13.2 Å². The van der Waals surface area contributed by atoms with Crippen molar-refractivity contribution in [2.45, 2.75) is 180 Å². The fourth-order valence-corrected chi connectivity index (χ4v) is 11.4. The van der Waals surface area contributed by atoms with Crippen LogP contribution in [0.25, 0.3) is 0 Å². The molecule has 0 spiro atoms. The molecule has 0 aromatic heterocycles. The normalized spacial score (nSPS) is 47.5.